The van der Waals surface area contributed by atoms with Crippen molar-refractivity contribution in [2.24, 2.45) is 0 Å². The average Bonchev–Trinajstić information content (AvgIpc) is 3.41. The SMILES string of the molecule is CCSC(C)c1nc(-c2cc(F)c3n[nH]nc3c2)n(-c2ccc(S(=O)(=O)C(F)F)cc2)n1. The summed E-state index contributed by atoms with van der Waals surface area (Å²) in [5.41, 5.74) is 1.13. The fourth-order valence-corrected chi connectivity index (χ4v) is 4.58. The molecular formula is C19H17F3N6O2S2. The minimum atomic E-state index is -4.73. The van der Waals surface area contributed by atoms with Gasteiger partial charge in [-0.15, -0.1) is 5.10 Å². The summed E-state index contributed by atoms with van der Waals surface area (Å²) >= 11 is 1.61. The van der Waals surface area contributed by atoms with Crippen LogP contribution >= 0.6 is 11.8 Å². The lowest BCUT2D eigenvalue weighted by molar-refractivity contribution is 0.234. The van der Waals surface area contributed by atoms with Gasteiger partial charge in [0.2, 0.25) is 9.84 Å². The van der Waals surface area contributed by atoms with Gasteiger partial charge in [-0.25, -0.2) is 22.5 Å². The number of nitrogens with one attached hydrogen (secondary N) is 1. The van der Waals surface area contributed by atoms with Crippen molar-refractivity contribution in [1.82, 2.24) is 30.2 Å². The zero-order chi connectivity index (χ0) is 23.0. The molecule has 2 aromatic carbocycles. The Morgan fingerprint density at radius 3 is 2.53 bits per heavy atom. The van der Waals surface area contributed by atoms with E-state index in [0.29, 0.717) is 22.6 Å². The van der Waals surface area contributed by atoms with E-state index in [0.717, 1.165) is 17.9 Å². The molecule has 0 amide bonds. The van der Waals surface area contributed by atoms with Crippen LogP contribution in [0.25, 0.3) is 28.1 Å². The van der Waals surface area contributed by atoms with E-state index in [-0.39, 0.29) is 16.6 Å². The van der Waals surface area contributed by atoms with Crippen molar-refractivity contribution >= 4 is 32.6 Å². The first-order valence-corrected chi connectivity index (χ1v) is 12.0. The molecule has 32 heavy (non-hydrogen) atoms. The van der Waals surface area contributed by atoms with Crippen molar-refractivity contribution < 1.29 is 21.6 Å². The molecule has 2 aromatic heterocycles. The summed E-state index contributed by atoms with van der Waals surface area (Å²) in [5, 5.41) is 14.5. The van der Waals surface area contributed by atoms with Crippen LogP contribution in [0.3, 0.4) is 0 Å². The minimum absolute atomic E-state index is 0.0703. The zero-order valence-corrected chi connectivity index (χ0v) is 18.5. The first-order valence-electron chi connectivity index (χ1n) is 9.43. The second-order valence-electron chi connectivity index (χ2n) is 6.75. The van der Waals surface area contributed by atoms with Crippen molar-refractivity contribution in [3.05, 3.63) is 48.0 Å². The minimum Gasteiger partial charge on any atom is -0.218 e. The van der Waals surface area contributed by atoms with E-state index in [1.807, 2.05) is 13.8 Å². The van der Waals surface area contributed by atoms with Crippen molar-refractivity contribution in [1.29, 1.82) is 0 Å². The number of halogens is 3. The van der Waals surface area contributed by atoms with Crippen LogP contribution in [0.2, 0.25) is 0 Å². The predicted molar refractivity (Wildman–Crippen MR) is 114 cm³/mol. The van der Waals surface area contributed by atoms with E-state index in [9.17, 15) is 21.6 Å². The molecule has 0 aliphatic carbocycles. The quantitative estimate of drug-likeness (QED) is 0.422. The molecule has 8 nitrogen and oxygen atoms in total. The third-order valence-electron chi connectivity index (χ3n) is 4.68. The number of H-pyrrole nitrogens is 1. The third kappa shape index (κ3) is 3.97. The fraction of sp³-hybridized carbons (Fsp3) is 0.263. The first kappa shape index (κ1) is 22.3. The molecule has 0 saturated carbocycles. The standard InChI is InChI=1S/C19H17F3N6O2S2/c1-3-31-10(2)17-23-18(11-8-14(20)16-15(9-11)24-27-25-16)28(26-17)12-4-6-13(7-5-12)32(29,30)19(21)22/h4-10,19H,3H2,1-2H3,(H,24,25,27). The number of fused-ring (bicyclic) bond motifs is 1. The van der Waals surface area contributed by atoms with Crippen LogP contribution in [0.4, 0.5) is 13.2 Å². The molecule has 1 N–H and O–H groups in total. The Morgan fingerprint density at radius 2 is 1.88 bits per heavy atom. The second kappa shape index (κ2) is 8.54. The highest BCUT2D eigenvalue weighted by atomic mass is 32.2. The molecule has 0 spiro atoms. The van der Waals surface area contributed by atoms with Gasteiger partial charge in [0.05, 0.1) is 15.8 Å². The first-order chi connectivity index (χ1) is 15.2. The summed E-state index contributed by atoms with van der Waals surface area (Å²) in [7, 11) is -4.73. The number of aromatic amines is 1. The number of nitrogens with zero attached hydrogens (tertiary/aromatic N) is 5. The van der Waals surface area contributed by atoms with Gasteiger partial charge in [0, 0.05) is 5.56 Å². The summed E-state index contributed by atoms with van der Waals surface area (Å²) in [6.07, 6.45) is 0. The molecule has 0 bridgehead atoms. The van der Waals surface area contributed by atoms with E-state index in [1.54, 1.807) is 17.8 Å². The van der Waals surface area contributed by atoms with Gasteiger partial charge in [-0.3, -0.25) is 0 Å². The Hall–Kier alpha value is -2.93. The van der Waals surface area contributed by atoms with E-state index < -0.39 is 26.3 Å². The topological polar surface area (TPSA) is 106 Å². The smallest absolute Gasteiger partial charge is 0.218 e. The van der Waals surface area contributed by atoms with E-state index in [2.05, 4.69) is 25.5 Å². The van der Waals surface area contributed by atoms with Crippen LogP contribution in [0, 0.1) is 5.82 Å². The molecule has 168 valence electrons. The van der Waals surface area contributed by atoms with Gasteiger partial charge in [-0.05, 0) is 49.1 Å². The molecule has 0 aliphatic rings. The normalized spacial score (nSPS) is 13.2. The third-order valence-corrected chi connectivity index (χ3v) is 7.12. The molecule has 0 radical (unpaired) electrons. The van der Waals surface area contributed by atoms with Crippen molar-refractivity contribution in [2.45, 2.75) is 29.8 Å². The lowest BCUT2D eigenvalue weighted by Gasteiger charge is -2.08. The maximum atomic E-state index is 14.5. The maximum Gasteiger partial charge on any atom is 0.341 e. The largest absolute Gasteiger partial charge is 0.341 e. The highest BCUT2D eigenvalue weighted by Gasteiger charge is 2.27. The second-order valence-corrected chi connectivity index (χ2v) is 10.3. The molecule has 0 aliphatic heterocycles. The van der Waals surface area contributed by atoms with Gasteiger partial charge in [-0.1, -0.05) is 6.92 Å². The molecule has 1 atom stereocenters. The number of aromatic nitrogens is 6. The number of benzene rings is 2. The van der Waals surface area contributed by atoms with E-state index in [1.165, 1.54) is 22.9 Å². The average molecular weight is 483 g/mol. The maximum absolute atomic E-state index is 14.5. The van der Waals surface area contributed by atoms with E-state index >= 15 is 0 Å². The summed E-state index contributed by atoms with van der Waals surface area (Å²) in [4.78, 5) is 4.06. The summed E-state index contributed by atoms with van der Waals surface area (Å²) in [6, 6.07) is 7.70. The summed E-state index contributed by atoms with van der Waals surface area (Å²) in [5.74, 6) is -2.53. The molecule has 13 heteroatoms. The van der Waals surface area contributed by atoms with Crippen LogP contribution in [-0.2, 0) is 9.84 Å². The van der Waals surface area contributed by atoms with Crippen molar-refractivity contribution in [3.8, 4) is 17.1 Å². The lowest BCUT2D eigenvalue weighted by atomic mass is 10.1. The van der Waals surface area contributed by atoms with Gasteiger partial charge in [0.25, 0.3) is 0 Å². The number of rotatable bonds is 7. The highest BCUT2D eigenvalue weighted by molar-refractivity contribution is 7.99. The van der Waals surface area contributed by atoms with Gasteiger partial charge in [0.15, 0.2) is 17.5 Å². The van der Waals surface area contributed by atoms with Crippen molar-refractivity contribution in [2.75, 3.05) is 5.75 Å². The molecule has 1 unspecified atom stereocenters. The zero-order valence-electron chi connectivity index (χ0n) is 16.8. The number of thioether (sulfide) groups is 1. The molecule has 4 aromatic rings. The molecule has 0 saturated heterocycles. The van der Waals surface area contributed by atoms with Crippen LogP contribution in [0.1, 0.15) is 24.9 Å². The van der Waals surface area contributed by atoms with Gasteiger partial charge < -0.3 is 0 Å². The number of alkyl halides is 2. The Morgan fingerprint density at radius 1 is 1.16 bits per heavy atom. The molecule has 0 fully saturated rings. The van der Waals surface area contributed by atoms with Gasteiger partial charge >= 0.3 is 5.76 Å². The number of hydrogen-bond acceptors (Lipinski definition) is 7. The number of sulfone groups is 1. The Kier molecular flexibility index (Phi) is 5.95. The Balaban J connectivity index is 1.85. The van der Waals surface area contributed by atoms with Crippen molar-refractivity contribution in [3.63, 3.8) is 0 Å². The monoisotopic (exact) mass is 482 g/mol. The predicted octanol–water partition coefficient (Wildman–Crippen LogP) is 4.16. The molecule has 2 heterocycles. The molecule has 4 rings (SSSR count). The molecular weight excluding hydrogens is 465 g/mol. The van der Waals surface area contributed by atoms with Crippen LogP contribution in [-0.4, -0.2) is 50.1 Å². The Bertz CT molecular complexity index is 1370. The van der Waals surface area contributed by atoms with Crippen LogP contribution < -0.4 is 0 Å². The van der Waals surface area contributed by atoms with Gasteiger partial charge in [-0.2, -0.15) is 36.0 Å². The number of hydrogen-bond donors (Lipinski definition) is 1. The highest BCUT2D eigenvalue weighted by Crippen LogP contribution is 2.31. The van der Waals surface area contributed by atoms with E-state index in [4.69, 9.17) is 0 Å². The Labute approximate surface area is 185 Å². The lowest BCUT2D eigenvalue weighted by Crippen LogP contribution is -2.11. The van der Waals surface area contributed by atoms with Crippen LogP contribution in [0.5, 0.6) is 0 Å². The summed E-state index contributed by atoms with van der Waals surface area (Å²) < 4.78 is 65.1. The fourth-order valence-electron chi connectivity index (χ4n) is 3.11. The van der Waals surface area contributed by atoms with Crippen LogP contribution in [0.15, 0.2) is 41.3 Å². The summed E-state index contributed by atoms with van der Waals surface area (Å²) in [6.45, 7) is 3.92. The van der Waals surface area contributed by atoms with Gasteiger partial charge in [0.1, 0.15) is 11.0 Å².